The number of amides is 3. The fourth-order valence-corrected chi connectivity index (χ4v) is 6.34. The smallest absolute Gasteiger partial charge is 0.321 e. The van der Waals surface area contributed by atoms with Crippen LogP contribution in [0.3, 0.4) is 0 Å². The predicted molar refractivity (Wildman–Crippen MR) is 171 cm³/mol. The van der Waals surface area contributed by atoms with E-state index in [1.807, 2.05) is 37.3 Å². The third-order valence-corrected chi connectivity index (χ3v) is 8.90. The maximum absolute atomic E-state index is 13.2. The van der Waals surface area contributed by atoms with Crippen LogP contribution in [0.5, 0.6) is 0 Å². The largest absolute Gasteiger partial charge is 0.364 e. The fraction of sp³-hybridized carbons (Fsp3) is 0.182. The molecule has 4 N–H and O–H groups in total. The molecule has 0 radical (unpaired) electrons. The zero-order chi connectivity index (χ0) is 29.9. The van der Waals surface area contributed by atoms with Gasteiger partial charge in [-0.3, -0.25) is 4.79 Å². The molecule has 5 aromatic rings. The second-order valence-electron chi connectivity index (χ2n) is 10.4. The van der Waals surface area contributed by atoms with Gasteiger partial charge in [-0.15, -0.1) is 11.3 Å². The third-order valence-electron chi connectivity index (χ3n) is 7.63. The Morgan fingerprint density at radius 1 is 0.860 bits per heavy atom. The quantitative estimate of drug-likeness (QED) is 0.183. The summed E-state index contributed by atoms with van der Waals surface area (Å²) in [5.74, 6) is 0.600. The van der Waals surface area contributed by atoms with Crippen LogP contribution in [-0.4, -0.2) is 58.2 Å². The van der Waals surface area contributed by atoms with Gasteiger partial charge in [-0.1, -0.05) is 54.6 Å². The number of aromatic nitrogens is 1. The van der Waals surface area contributed by atoms with Crippen LogP contribution in [0, 0.1) is 6.92 Å². The lowest BCUT2D eigenvalue weighted by Gasteiger charge is -2.35. The number of aliphatic hydroxyl groups is 2. The summed E-state index contributed by atoms with van der Waals surface area (Å²) in [5.41, 5.74) is 4.43. The number of benzene rings is 3. The van der Waals surface area contributed by atoms with E-state index in [1.54, 1.807) is 35.4 Å². The second kappa shape index (κ2) is 12.2. The van der Waals surface area contributed by atoms with Crippen molar-refractivity contribution in [2.75, 3.05) is 41.7 Å². The first-order valence-electron chi connectivity index (χ1n) is 14.0. The molecule has 6 rings (SSSR count). The van der Waals surface area contributed by atoms with Crippen molar-refractivity contribution >= 4 is 50.6 Å². The maximum atomic E-state index is 13.2. The number of aryl methyl sites for hydroxylation is 1. The Kier molecular flexibility index (Phi) is 8.06. The lowest BCUT2D eigenvalue weighted by Crippen LogP contribution is -2.50. The van der Waals surface area contributed by atoms with Crippen LogP contribution in [0.25, 0.3) is 21.2 Å². The van der Waals surface area contributed by atoms with Gasteiger partial charge in [-0.2, -0.15) is 0 Å². The minimum absolute atomic E-state index is 0.163. The number of nitrogens with zero attached hydrogens (tertiary/aromatic N) is 3. The Morgan fingerprint density at radius 3 is 2.33 bits per heavy atom. The van der Waals surface area contributed by atoms with Crippen molar-refractivity contribution in [2.24, 2.45) is 0 Å². The third kappa shape index (κ3) is 6.07. The van der Waals surface area contributed by atoms with E-state index >= 15 is 0 Å². The first-order chi connectivity index (χ1) is 20.9. The number of fused-ring (bicyclic) bond motifs is 1. The van der Waals surface area contributed by atoms with Crippen LogP contribution in [0.4, 0.5) is 22.0 Å². The molecule has 0 unspecified atom stereocenters. The molecule has 218 valence electrons. The van der Waals surface area contributed by atoms with Crippen molar-refractivity contribution in [3.05, 3.63) is 107 Å². The molecule has 0 bridgehead atoms. The van der Waals surface area contributed by atoms with Crippen molar-refractivity contribution in [1.29, 1.82) is 0 Å². The van der Waals surface area contributed by atoms with Crippen LogP contribution in [-0.2, 0) is 0 Å². The number of aliphatic hydroxyl groups excluding tert-OH is 1. The van der Waals surface area contributed by atoms with E-state index in [1.165, 1.54) is 11.3 Å². The zero-order valence-electron chi connectivity index (χ0n) is 23.5. The molecule has 1 fully saturated rings. The molecule has 9 nitrogen and oxygen atoms in total. The van der Waals surface area contributed by atoms with Crippen molar-refractivity contribution in [1.82, 2.24) is 9.88 Å². The molecule has 1 aliphatic rings. The molecule has 0 saturated carbocycles. The summed E-state index contributed by atoms with van der Waals surface area (Å²) < 4.78 is 1.07. The molecule has 2 aromatic heterocycles. The molecule has 0 spiro atoms. The zero-order valence-corrected chi connectivity index (χ0v) is 24.3. The van der Waals surface area contributed by atoms with Gasteiger partial charge in [-0.25, -0.2) is 9.78 Å². The van der Waals surface area contributed by atoms with Crippen molar-refractivity contribution in [3.63, 3.8) is 0 Å². The highest BCUT2D eigenvalue weighted by molar-refractivity contribution is 7.21. The highest BCUT2D eigenvalue weighted by atomic mass is 32.1. The number of pyridine rings is 1. The van der Waals surface area contributed by atoms with Crippen LogP contribution in [0.15, 0.2) is 91.1 Å². The summed E-state index contributed by atoms with van der Waals surface area (Å²) in [6.07, 6.45) is -0.0196. The molecule has 0 atom stereocenters. The molecule has 43 heavy (non-hydrogen) atoms. The number of thiophene rings is 1. The van der Waals surface area contributed by atoms with Gasteiger partial charge in [0.25, 0.3) is 5.91 Å². The van der Waals surface area contributed by atoms with E-state index in [0.29, 0.717) is 42.4 Å². The van der Waals surface area contributed by atoms with Crippen LogP contribution in [0.1, 0.15) is 27.1 Å². The fourth-order valence-electron chi connectivity index (χ4n) is 5.25. The minimum Gasteiger partial charge on any atom is -0.364 e. The van der Waals surface area contributed by atoms with Crippen LogP contribution in [0.2, 0.25) is 0 Å². The lowest BCUT2D eigenvalue weighted by atomic mass is 10.0. The average molecular weight is 594 g/mol. The summed E-state index contributed by atoms with van der Waals surface area (Å²) >= 11 is 1.48. The van der Waals surface area contributed by atoms with Gasteiger partial charge in [0, 0.05) is 36.4 Å². The van der Waals surface area contributed by atoms with Gasteiger partial charge in [-0.05, 0) is 59.3 Å². The number of urea groups is 1. The van der Waals surface area contributed by atoms with E-state index in [0.717, 1.165) is 32.6 Å². The first-order valence-corrected chi connectivity index (χ1v) is 14.8. The minimum atomic E-state index is -1.67. The number of hydrogen-bond donors (Lipinski definition) is 4. The molecule has 0 aliphatic carbocycles. The topological polar surface area (TPSA) is 118 Å². The molecule has 3 heterocycles. The Labute approximate surface area is 253 Å². The van der Waals surface area contributed by atoms with E-state index in [9.17, 15) is 19.8 Å². The number of hydrogen-bond acceptors (Lipinski definition) is 7. The van der Waals surface area contributed by atoms with Gasteiger partial charge in [0.2, 0.25) is 0 Å². The number of anilines is 3. The van der Waals surface area contributed by atoms with Crippen LogP contribution < -0.4 is 15.5 Å². The number of nitrogens with one attached hydrogen (secondary N) is 2. The molecule has 3 amide bonds. The first kappa shape index (κ1) is 28.4. The Bertz CT molecular complexity index is 1760. The molecule has 1 aliphatic heterocycles. The Hall–Kier alpha value is -4.77. The van der Waals surface area contributed by atoms with Gasteiger partial charge in [0.05, 0.1) is 22.4 Å². The monoisotopic (exact) mass is 593 g/mol. The SMILES string of the molecule is Cc1c(C(=O)Nc2ccc(N3CCN(C(=O)Nc4ccccc4C(O)O)CC3)nc2)sc2ccc(-c3ccccc3)cc12. The van der Waals surface area contributed by atoms with Crippen molar-refractivity contribution < 1.29 is 19.8 Å². The van der Waals surface area contributed by atoms with Crippen molar-refractivity contribution in [3.8, 4) is 11.1 Å². The van der Waals surface area contributed by atoms with E-state index < -0.39 is 6.29 Å². The Morgan fingerprint density at radius 2 is 1.60 bits per heavy atom. The maximum Gasteiger partial charge on any atom is 0.321 e. The van der Waals surface area contributed by atoms with Crippen molar-refractivity contribution in [2.45, 2.75) is 13.2 Å². The van der Waals surface area contributed by atoms with Crippen LogP contribution >= 0.6 is 11.3 Å². The molecule has 3 aromatic carbocycles. The second-order valence-corrected chi connectivity index (χ2v) is 11.4. The highest BCUT2D eigenvalue weighted by Gasteiger charge is 2.23. The number of piperazine rings is 1. The van der Waals surface area contributed by atoms with E-state index in [2.05, 4.69) is 50.8 Å². The normalized spacial score (nSPS) is 13.4. The van der Waals surface area contributed by atoms with Gasteiger partial charge in [0.15, 0.2) is 6.29 Å². The molecular weight excluding hydrogens is 562 g/mol. The number of carbonyl (C=O) groups excluding carboxylic acids is 2. The van der Waals surface area contributed by atoms with Gasteiger partial charge < -0.3 is 30.6 Å². The summed E-state index contributed by atoms with van der Waals surface area (Å²) in [6, 6.07) is 26.5. The number of rotatable bonds is 6. The highest BCUT2D eigenvalue weighted by Crippen LogP contribution is 2.34. The van der Waals surface area contributed by atoms with Gasteiger partial charge in [0.1, 0.15) is 5.82 Å². The number of carbonyl (C=O) groups is 2. The molecule has 1 saturated heterocycles. The average Bonchev–Trinajstić information content (AvgIpc) is 3.37. The summed E-state index contributed by atoms with van der Waals surface area (Å²) in [6.45, 7) is 4.11. The molecular formula is C33H31N5O4S. The Balaban J connectivity index is 1.06. The van der Waals surface area contributed by atoms with E-state index in [4.69, 9.17) is 0 Å². The van der Waals surface area contributed by atoms with Gasteiger partial charge >= 0.3 is 6.03 Å². The standard InChI is InChI=1S/C33H31N5O4S/c1-21-26-19-23(22-7-3-2-4-8-22)11-13-28(26)43-30(21)31(39)35-24-12-14-29(34-20-24)37-15-17-38(18-16-37)33(42)36-27-10-6-5-9-25(27)32(40)41/h2-14,19-20,32,40-41H,15-18H2,1H3,(H,35,39)(H,36,42). The number of para-hydroxylation sites is 1. The predicted octanol–water partition coefficient (Wildman–Crippen LogP) is 5.86. The summed E-state index contributed by atoms with van der Waals surface area (Å²) in [7, 11) is 0. The lowest BCUT2D eigenvalue weighted by molar-refractivity contribution is -0.0419. The molecule has 10 heteroatoms. The van der Waals surface area contributed by atoms with E-state index in [-0.39, 0.29) is 17.5 Å². The summed E-state index contributed by atoms with van der Waals surface area (Å²) in [5, 5.41) is 25.9. The summed E-state index contributed by atoms with van der Waals surface area (Å²) in [4.78, 5) is 35.0.